The highest BCUT2D eigenvalue weighted by Gasteiger charge is 2.18. The summed E-state index contributed by atoms with van der Waals surface area (Å²) in [7, 11) is 0. The Hall–Kier alpha value is -2.77. The van der Waals surface area contributed by atoms with Gasteiger partial charge in [0.1, 0.15) is 12.3 Å². The molecule has 0 fully saturated rings. The number of anilines is 1. The number of phenolic OH excluding ortho intramolecular Hbond substituents is 1. The van der Waals surface area contributed by atoms with Gasteiger partial charge in [-0.1, -0.05) is 0 Å². The zero-order chi connectivity index (χ0) is 15.3. The molecule has 0 radical (unpaired) electrons. The van der Waals surface area contributed by atoms with E-state index in [1.807, 2.05) is 0 Å². The summed E-state index contributed by atoms with van der Waals surface area (Å²) >= 11 is 0. The lowest BCUT2D eigenvalue weighted by Gasteiger charge is -2.20. The van der Waals surface area contributed by atoms with Crippen LogP contribution in [0.1, 0.15) is 17.3 Å². The van der Waals surface area contributed by atoms with Gasteiger partial charge in [0.25, 0.3) is 0 Å². The van der Waals surface area contributed by atoms with Crippen LogP contribution < -0.4 is 11.1 Å². The Balaban J connectivity index is 2.95. The number of nitrogens with two attached hydrogens (primary N) is 1. The highest BCUT2D eigenvalue weighted by molar-refractivity contribution is 6.01. The number of likely N-dealkylation sites (N-methyl/N-ethyl adjacent to an activating group) is 1. The molecule has 0 saturated carbocycles. The van der Waals surface area contributed by atoms with E-state index in [2.05, 4.69) is 5.32 Å². The van der Waals surface area contributed by atoms with Gasteiger partial charge >= 0.3 is 12.0 Å². The van der Waals surface area contributed by atoms with Crippen LogP contribution in [0.2, 0.25) is 0 Å². The van der Waals surface area contributed by atoms with Crippen LogP contribution in [-0.2, 0) is 4.79 Å². The minimum Gasteiger partial charge on any atom is -0.508 e. The number of carboxylic acids is 1. The number of hydrogen-bond donors (Lipinski definition) is 4. The molecule has 5 N–H and O–H groups in total. The van der Waals surface area contributed by atoms with E-state index in [4.69, 9.17) is 10.8 Å². The second-order valence-electron chi connectivity index (χ2n) is 3.95. The molecule has 0 saturated heterocycles. The van der Waals surface area contributed by atoms with Crippen LogP contribution in [0.5, 0.6) is 5.75 Å². The van der Waals surface area contributed by atoms with Gasteiger partial charge in [0.2, 0.25) is 5.91 Å². The van der Waals surface area contributed by atoms with E-state index >= 15 is 0 Å². The number of phenols is 1. The SMILES string of the molecule is CCN(CC(N)=O)C(=O)Nc1ccc(O)cc1C(=O)O. The van der Waals surface area contributed by atoms with Crippen molar-refractivity contribution >= 4 is 23.6 Å². The Morgan fingerprint density at radius 2 is 2.00 bits per heavy atom. The molecule has 0 unspecified atom stereocenters. The van der Waals surface area contributed by atoms with Crippen molar-refractivity contribution in [1.82, 2.24) is 4.90 Å². The molecule has 108 valence electrons. The average Bonchev–Trinajstić information content (AvgIpc) is 2.37. The summed E-state index contributed by atoms with van der Waals surface area (Å²) in [6.45, 7) is 1.61. The normalized spacial score (nSPS) is 9.85. The number of primary amides is 1. The second kappa shape index (κ2) is 6.41. The van der Waals surface area contributed by atoms with Gasteiger partial charge in [0.05, 0.1) is 11.3 Å². The molecule has 0 atom stereocenters. The minimum atomic E-state index is -1.30. The predicted octanol–water partition coefficient (Wildman–Crippen LogP) is 0.429. The van der Waals surface area contributed by atoms with Crippen LogP contribution in [0.15, 0.2) is 18.2 Å². The average molecular weight is 281 g/mol. The van der Waals surface area contributed by atoms with E-state index in [9.17, 15) is 19.5 Å². The summed E-state index contributed by atoms with van der Waals surface area (Å²) in [6.07, 6.45) is 0. The maximum Gasteiger partial charge on any atom is 0.337 e. The molecule has 1 rings (SSSR count). The molecule has 0 aliphatic carbocycles. The molecular weight excluding hydrogens is 266 g/mol. The number of amides is 3. The standard InChI is InChI=1S/C12H15N3O5/c1-2-15(6-10(13)17)12(20)14-9-4-3-7(16)5-8(9)11(18)19/h3-5,16H,2,6H2,1H3,(H2,13,17)(H,14,20)(H,18,19). The number of benzene rings is 1. The van der Waals surface area contributed by atoms with Crippen LogP contribution in [0.4, 0.5) is 10.5 Å². The highest BCUT2D eigenvalue weighted by atomic mass is 16.4. The maximum atomic E-state index is 11.9. The number of urea groups is 1. The number of nitrogens with zero attached hydrogens (tertiary/aromatic N) is 1. The van der Waals surface area contributed by atoms with Crippen molar-refractivity contribution in [1.29, 1.82) is 0 Å². The van der Waals surface area contributed by atoms with E-state index in [0.29, 0.717) is 0 Å². The van der Waals surface area contributed by atoms with Crippen molar-refractivity contribution < 1.29 is 24.6 Å². The van der Waals surface area contributed by atoms with Crippen LogP contribution in [-0.4, -0.2) is 46.1 Å². The Morgan fingerprint density at radius 3 is 2.50 bits per heavy atom. The van der Waals surface area contributed by atoms with Gasteiger partial charge < -0.3 is 26.2 Å². The number of hydrogen-bond acceptors (Lipinski definition) is 4. The summed E-state index contributed by atoms with van der Waals surface area (Å²) in [5, 5.41) is 20.6. The smallest absolute Gasteiger partial charge is 0.337 e. The lowest BCUT2D eigenvalue weighted by Crippen LogP contribution is -2.41. The van der Waals surface area contributed by atoms with E-state index in [-0.39, 0.29) is 30.1 Å². The molecule has 0 spiro atoms. The second-order valence-corrected chi connectivity index (χ2v) is 3.95. The Bertz CT molecular complexity index is 544. The van der Waals surface area contributed by atoms with Crippen molar-refractivity contribution in [3.63, 3.8) is 0 Å². The van der Waals surface area contributed by atoms with Crippen LogP contribution >= 0.6 is 0 Å². The van der Waals surface area contributed by atoms with Gasteiger partial charge in [-0.3, -0.25) is 4.79 Å². The minimum absolute atomic E-state index is 0.0169. The van der Waals surface area contributed by atoms with E-state index in [0.717, 1.165) is 11.0 Å². The zero-order valence-corrected chi connectivity index (χ0v) is 10.8. The Morgan fingerprint density at radius 1 is 1.35 bits per heavy atom. The van der Waals surface area contributed by atoms with Crippen LogP contribution in [0, 0.1) is 0 Å². The molecule has 3 amide bonds. The van der Waals surface area contributed by atoms with Crippen molar-refractivity contribution in [2.45, 2.75) is 6.92 Å². The number of carbonyl (C=O) groups excluding carboxylic acids is 2. The fourth-order valence-electron chi connectivity index (χ4n) is 1.53. The first kappa shape index (κ1) is 15.3. The monoisotopic (exact) mass is 281 g/mol. The quantitative estimate of drug-likeness (QED) is 0.581. The number of aromatic carboxylic acids is 1. The van der Waals surface area contributed by atoms with Crippen molar-refractivity contribution in [2.75, 3.05) is 18.4 Å². The van der Waals surface area contributed by atoms with E-state index in [1.54, 1.807) is 6.92 Å². The summed E-state index contributed by atoms with van der Waals surface area (Å²) < 4.78 is 0. The van der Waals surface area contributed by atoms with Gasteiger partial charge in [-0.15, -0.1) is 0 Å². The van der Waals surface area contributed by atoms with Gasteiger partial charge in [-0.2, -0.15) is 0 Å². The summed E-state index contributed by atoms with van der Waals surface area (Å²) in [5.41, 5.74) is 4.77. The fourth-order valence-corrected chi connectivity index (χ4v) is 1.53. The number of carbonyl (C=O) groups is 3. The largest absolute Gasteiger partial charge is 0.508 e. The predicted molar refractivity (Wildman–Crippen MR) is 70.5 cm³/mol. The molecule has 0 bridgehead atoms. The number of carboxylic acid groups (broad SMARTS) is 1. The molecular formula is C12H15N3O5. The lowest BCUT2D eigenvalue weighted by atomic mass is 10.1. The summed E-state index contributed by atoms with van der Waals surface area (Å²) in [4.78, 5) is 34.9. The molecule has 20 heavy (non-hydrogen) atoms. The molecule has 0 heterocycles. The molecule has 0 aliphatic rings. The molecule has 1 aromatic carbocycles. The third kappa shape index (κ3) is 3.87. The van der Waals surface area contributed by atoms with E-state index in [1.165, 1.54) is 12.1 Å². The highest BCUT2D eigenvalue weighted by Crippen LogP contribution is 2.21. The van der Waals surface area contributed by atoms with Gasteiger partial charge in [0, 0.05) is 6.54 Å². The van der Waals surface area contributed by atoms with Gasteiger partial charge in [0.15, 0.2) is 0 Å². The van der Waals surface area contributed by atoms with Crippen molar-refractivity contribution in [2.24, 2.45) is 5.73 Å². The summed E-state index contributed by atoms with van der Waals surface area (Å²) in [5.74, 6) is -2.20. The zero-order valence-electron chi connectivity index (χ0n) is 10.8. The lowest BCUT2D eigenvalue weighted by molar-refractivity contribution is -0.118. The third-order valence-electron chi connectivity index (χ3n) is 2.49. The molecule has 8 heteroatoms. The van der Waals surface area contributed by atoms with Crippen molar-refractivity contribution in [3.8, 4) is 5.75 Å². The molecule has 0 aromatic heterocycles. The topological polar surface area (TPSA) is 133 Å². The van der Waals surface area contributed by atoms with Gasteiger partial charge in [-0.25, -0.2) is 9.59 Å². The summed E-state index contributed by atoms with van der Waals surface area (Å²) in [6, 6.07) is 2.86. The Kier molecular flexibility index (Phi) is 4.90. The first-order valence-electron chi connectivity index (χ1n) is 5.75. The number of rotatable bonds is 5. The van der Waals surface area contributed by atoms with Crippen LogP contribution in [0.25, 0.3) is 0 Å². The Labute approximate surface area is 114 Å². The number of nitrogens with one attached hydrogen (secondary N) is 1. The van der Waals surface area contributed by atoms with Crippen LogP contribution in [0.3, 0.4) is 0 Å². The number of aromatic hydroxyl groups is 1. The maximum absolute atomic E-state index is 11.9. The first-order valence-corrected chi connectivity index (χ1v) is 5.75. The van der Waals surface area contributed by atoms with Gasteiger partial charge in [-0.05, 0) is 25.1 Å². The third-order valence-corrected chi connectivity index (χ3v) is 2.49. The molecule has 1 aromatic rings. The van der Waals surface area contributed by atoms with Crippen molar-refractivity contribution in [3.05, 3.63) is 23.8 Å². The fraction of sp³-hybridized carbons (Fsp3) is 0.250. The molecule has 8 nitrogen and oxygen atoms in total. The molecule has 0 aliphatic heterocycles. The first-order chi connectivity index (χ1) is 9.35. The van der Waals surface area contributed by atoms with E-state index < -0.39 is 17.9 Å².